The molecule has 0 amide bonds. The van der Waals surface area contributed by atoms with Crippen LogP contribution in [0, 0.1) is 0 Å². The second-order valence-electron chi connectivity index (χ2n) is 5.09. The summed E-state index contributed by atoms with van der Waals surface area (Å²) in [5.74, 6) is 2.08. The molecule has 0 atom stereocenters. The van der Waals surface area contributed by atoms with E-state index in [4.69, 9.17) is 4.42 Å². The van der Waals surface area contributed by atoms with E-state index in [1.54, 1.807) is 29.8 Å². The molecule has 9 nitrogen and oxygen atoms in total. The third-order valence-electron chi connectivity index (χ3n) is 3.40. The Labute approximate surface area is 139 Å². The van der Waals surface area contributed by atoms with E-state index in [1.807, 2.05) is 12.1 Å². The molecule has 10 heteroatoms. The van der Waals surface area contributed by atoms with Crippen molar-refractivity contribution in [1.82, 2.24) is 24.5 Å². The van der Waals surface area contributed by atoms with Crippen LogP contribution in [0.1, 0.15) is 18.5 Å². The third-order valence-corrected chi connectivity index (χ3v) is 4.81. The fourth-order valence-corrected chi connectivity index (χ4v) is 2.71. The summed E-state index contributed by atoms with van der Waals surface area (Å²) in [5, 5.41) is 15.7. The van der Waals surface area contributed by atoms with Crippen molar-refractivity contribution in [1.29, 1.82) is 0 Å². The SMILES string of the molecule is CCS(=O)(=O)NCCc1nnc2ccc(NCc3ccco3)nn12. The number of rotatable bonds is 8. The molecule has 128 valence electrons. The van der Waals surface area contributed by atoms with Crippen molar-refractivity contribution in [2.24, 2.45) is 0 Å². The highest BCUT2D eigenvalue weighted by molar-refractivity contribution is 7.89. The summed E-state index contributed by atoms with van der Waals surface area (Å²) in [4.78, 5) is 0. The van der Waals surface area contributed by atoms with Crippen LogP contribution in [0.15, 0.2) is 34.9 Å². The standard InChI is InChI=1S/C14H18N6O3S/c1-2-24(21,22)16-8-7-14-18-17-13-6-5-12(19-20(13)14)15-10-11-4-3-9-23-11/h3-6,9,16H,2,7-8,10H2,1H3,(H,15,19). The number of hydrogen-bond donors (Lipinski definition) is 2. The first kappa shape index (κ1) is 16.4. The topological polar surface area (TPSA) is 114 Å². The second-order valence-corrected chi connectivity index (χ2v) is 7.18. The van der Waals surface area contributed by atoms with Gasteiger partial charge in [0.15, 0.2) is 11.5 Å². The van der Waals surface area contributed by atoms with Gasteiger partial charge in [0.2, 0.25) is 10.0 Å². The molecule has 0 spiro atoms. The number of furan rings is 1. The van der Waals surface area contributed by atoms with Gasteiger partial charge in [-0.05, 0) is 31.2 Å². The first-order valence-corrected chi connectivity index (χ1v) is 9.17. The molecule has 24 heavy (non-hydrogen) atoms. The summed E-state index contributed by atoms with van der Waals surface area (Å²) in [6, 6.07) is 7.29. The minimum Gasteiger partial charge on any atom is -0.467 e. The fraction of sp³-hybridized carbons (Fsp3) is 0.357. The third kappa shape index (κ3) is 3.89. The van der Waals surface area contributed by atoms with Gasteiger partial charge in [0, 0.05) is 13.0 Å². The van der Waals surface area contributed by atoms with Gasteiger partial charge in [-0.25, -0.2) is 13.1 Å². The monoisotopic (exact) mass is 350 g/mol. The normalized spacial score (nSPS) is 11.9. The van der Waals surface area contributed by atoms with Crippen molar-refractivity contribution in [2.75, 3.05) is 17.6 Å². The molecule has 3 aromatic heterocycles. The van der Waals surface area contributed by atoms with Gasteiger partial charge < -0.3 is 9.73 Å². The molecule has 0 aliphatic rings. The maximum Gasteiger partial charge on any atom is 0.211 e. The maximum absolute atomic E-state index is 11.5. The summed E-state index contributed by atoms with van der Waals surface area (Å²) in [6.07, 6.45) is 2.01. The maximum atomic E-state index is 11.5. The van der Waals surface area contributed by atoms with Gasteiger partial charge in [-0.3, -0.25) is 0 Å². The number of sulfonamides is 1. The van der Waals surface area contributed by atoms with Crippen LogP contribution >= 0.6 is 0 Å². The van der Waals surface area contributed by atoms with Crippen LogP contribution in [0.3, 0.4) is 0 Å². The van der Waals surface area contributed by atoms with E-state index in [9.17, 15) is 8.42 Å². The highest BCUT2D eigenvalue weighted by atomic mass is 32.2. The van der Waals surface area contributed by atoms with E-state index >= 15 is 0 Å². The average molecular weight is 350 g/mol. The molecule has 0 aromatic carbocycles. The van der Waals surface area contributed by atoms with Crippen LogP contribution in [-0.2, 0) is 23.0 Å². The molecule has 0 radical (unpaired) electrons. The van der Waals surface area contributed by atoms with Gasteiger partial charge in [0.25, 0.3) is 0 Å². The van der Waals surface area contributed by atoms with Crippen molar-refractivity contribution in [2.45, 2.75) is 19.9 Å². The van der Waals surface area contributed by atoms with Gasteiger partial charge in [0.05, 0.1) is 18.6 Å². The van der Waals surface area contributed by atoms with Gasteiger partial charge in [0.1, 0.15) is 11.6 Å². The zero-order valence-corrected chi connectivity index (χ0v) is 14.0. The highest BCUT2D eigenvalue weighted by Crippen LogP contribution is 2.09. The molecule has 0 saturated heterocycles. The molecule has 3 aromatic rings. The summed E-state index contributed by atoms with van der Waals surface area (Å²) in [6.45, 7) is 2.36. The van der Waals surface area contributed by atoms with E-state index in [1.165, 1.54) is 0 Å². The lowest BCUT2D eigenvalue weighted by atomic mass is 10.4. The van der Waals surface area contributed by atoms with Crippen LogP contribution in [-0.4, -0.2) is 40.5 Å². The molecule has 0 saturated carbocycles. The van der Waals surface area contributed by atoms with Crippen molar-refractivity contribution in [3.8, 4) is 0 Å². The van der Waals surface area contributed by atoms with Crippen LogP contribution in [0.2, 0.25) is 0 Å². The Hall–Kier alpha value is -2.46. The Morgan fingerprint density at radius 3 is 2.88 bits per heavy atom. The number of nitrogens with one attached hydrogen (secondary N) is 2. The van der Waals surface area contributed by atoms with Crippen LogP contribution in [0.25, 0.3) is 5.65 Å². The molecule has 0 bridgehead atoms. The number of anilines is 1. The Kier molecular flexibility index (Phi) is 4.76. The Balaban J connectivity index is 1.69. The molecule has 3 rings (SSSR count). The molecule has 3 heterocycles. The van der Waals surface area contributed by atoms with Gasteiger partial charge in [-0.15, -0.1) is 15.3 Å². The van der Waals surface area contributed by atoms with Crippen molar-refractivity contribution in [3.05, 3.63) is 42.1 Å². The molecule has 0 aliphatic carbocycles. The molecular formula is C14H18N6O3S. The van der Waals surface area contributed by atoms with Crippen molar-refractivity contribution < 1.29 is 12.8 Å². The van der Waals surface area contributed by atoms with Crippen molar-refractivity contribution >= 4 is 21.5 Å². The first-order chi connectivity index (χ1) is 11.6. The Bertz CT molecular complexity index is 904. The molecule has 0 aliphatic heterocycles. The average Bonchev–Trinajstić information content (AvgIpc) is 3.22. The lowest BCUT2D eigenvalue weighted by Gasteiger charge is -2.05. The first-order valence-electron chi connectivity index (χ1n) is 7.52. The minimum absolute atomic E-state index is 0.0483. The summed E-state index contributed by atoms with van der Waals surface area (Å²) in [7, 11) is -3.22. The second kappa shape index (κ2) is 6.97. The Morgan fingerprint density at radius 2 is 2.12 bits per heavy atom. The largest absolute Gasteiger partial charge is 0.467 e. The number of aromatic nitrogens is 4. The van der Waals surface area contributed by atoms with E-state index in [2.05, 4.69) is 25.3 Å². The van der Waals surface area contributed by atoms with Crippen LogP contribution in [0.5, 0.6) is 0 Å². The summed E-state index contributed by atoms with van der Waals surface area (Å²) in [5.41, 5.74) is 0.604. The number of nitrogens with zero attached hydrogens (tertiary/aromatic N) is 4. The minimum atomic E-state index is -3.22. The number of hydrogen-bond acceptors (Lipinski definition) is 7. The fourth-order valence-electron chi connectivity index (χ4n) is 2.09. The smallest absolute Gasteiger partial charge is 0.211 e. The van der Waals surface area contributed by atoms with E-state index < -0.39 is 10.0 Å². The van der Waals surface area contributed by atoms with E-state index in [0.717, 1.165) is 5.76 Å². The van der Waals surface area contributed by atoms with E-state index in [-0.39, 0.29) is 12.3 Å². The van der Waals surface area contributed by atoms with Gasteiger partial charge in [-0.1, -0.05) is 0 Å². The van der Waals surface area contributed by atoms with Crippen molar-refractivity contribution in [3.63, 3.8) is 0 Å². The number of fused-ring (bicyclic) bond motifs is 1. The molecule has 2 N–H and O–H groups in total. The molecule has 0 unspecified atom stereocenters. The zero-order chi connectivity index (χ0) is 17.0. The summed E-state index contributed by atoms with van der Waals surface area (Å²) < 4.78 is 32.3. The molecular weight excluding hydrogens is 332 g/mol. The zero-order valence-electron chi connectivity index (χ0n) is 13.1. The predicted molar refractivity (Wildman–Crippen MR) is 88.0 cm³/mol. The lowest BCUT2D eigenvalue weighted by Crippen LogP contribution is -2.27. The molecule has 0 fully saturated rings. The van der Waals surface area contributed by atoms with Crippen LogP contribution in [0.4, 0.5) is 5.82 Å². The Morgan fingerprint density at radius 1 is 1.25 bits per heavy atom. The van der Waals surface area contributed by atoms with E-state index in [0.29, 0.717) is 30.3 Å². The lowest BCUT2D eigenvalue weighted by molar-refractivity contribution is 0.517. The van der Waals surface area contributed by atoms with Gasteiger partial charge in [-0.2, -0.15) is 4.52 Å². The van der Waals surface area contributed by atoms with Crippen LogP contribution < -0.4 is 10.0 Å². The quantitative estimate of drug-likeness (QED) is 0.618. The van der Waals surface area contributed by atoms with Gasteiger partial charge >= 0.3 is 0 Å². The predicted octanol–water partition coefficient (Wildman–Crippen LogP) is 0.811. The highest BCUT2D eigenvalue weighted by Gasteiger charge is 2.10. The summed E-state index contributed by atoms with van der Waals surface area (Å²) >= 11 is 0.